The van der Waals surface area contributed by atoms with E-state index in [9.17, 15) is 0 Å². The van der Waals surface area contributed by atoms with Gasteiger partial charge < -0.3 is 5.11 Å². The van der Waals surface area contributed by atoms with Crippen LogP contribution in [0.1, 0.15) is 54.4 Å². The Balaban J connectivity index is 0.000000833. The van der Waals surface area contributed by atoms with Crippen molar-refractivity contribution >= 4 is 23.3 Å². The molecule has 3 heteroatoms. The highest BCUT2D eigenvalue weighted by molar-refractivity contribution is 6.30. The molecule has 0 fully saturated rings. The van der Waals surface area contributed by atoms with Crippen LogP contribution in [0.2, 0.25) is 5.02 Å². The maximum absolute atomic E-state index is 7.88. The van der Waals surface area contributed by atoms with Gasteiger partial charge in [-0.15, -0.1) is 0 Å². The smallest absolute Gasteiger partial charge is 0.0746 e. The van der Waals surface area contributed by atoms with Crippen LogP contribution in [0.4, 0.5) is 0 Å². The molecule has 1 unspecified atom stereocenters. The SMILES string of the molecule is CCCO.Clc1ccc(C2=c3c(ccc4c3=CCc3ccccc3-4)C(c3cccnc3-c3ccccc3-c3ccccc3)CC2)cc1. The number of pyridine rings is 1. The molecule has 2 nitrogen and oxygen atoms in total. The van der Waals surface area contributed by atoms with Crippen LogP contribution in [0.15, 0.2) is 134 Å². The van der Waals surface area contributed by atoms with E-state index in [2.05, 4.69) is 121 Å². The number of benzene rings is 5. The molecule has 1 N–H and O–H groups in total. The summed E-state index contributed by atoms with van der Waals surface area (Å²) in [4.78, 5) is 5.06. The zero-order valence-corrected chi connectivity index (χ0v) is 27.4. The number of rotatable bonds is 5. The van der Waals surface area contributed by atoms with E-state index in [4.69, 9.17) is 21.7 Å². The van der Waals surface area contributed by atoms with Gasteiger partial charge in [-0.1, -0.05) is 134 Å². The molecule has 1 atom stereocenters. The van der Waals surface area contributed by atoms with Crippen LogP contribution in [-0.2, 0) is 6.42 Å². The van der Waals surface area contributed by atoms with Crippen LogP contribution < -0.4 is 10.4 Å². The topological polar surface area (TPSA) is 33.1 Å². The largest absolute Gasteiger partial charge is 0.396 e. The summed E-state index contributed by atoms with van der Waals surface area (Å²) in [7, 11) is 0. The van der Waals surface area contributed by atoms with Gasteiger partial charge in [0.05, 0.1) is 5.69 Å². The zero-order valence-electron chi connectivity index (χ0n) is 26.7. The molecule has 47 heavy (non-hydrogen) atoms. The molecule has 0 radical (unpaired) electrons. The van der Waals surface area contributed by atoms with Crippen LogP contribution in [0.3, 0.4) is 0 Å². The molecule has 0 amide bonds. The van der Waals surface area contributed by atoms with Gasteiger partial charge in [-0.3, -0.25) is 4.98 Å². The van der Waals surface area contributed by atoms with Crippen molar-refractivity contribution in [3.8, 4) is 33.5 Å². The number of halogens is 1. The fraction of sp³-hybridized carbons (Fsp3) is 0.159. The lowest BCUT2D eigenvalue weighted by molar-refractivity contribution is 0.295. The molecule has 2 aliphatic carbocycles. The van der Waals surface area contributed by atoms with Crippen molar-refractivity contribution in [2.45, 2.75) is 38.5 Å². The number of aliphatic hydroxyl groups excluding tert-OH is 1. The standard InChI is InChI=1S/C41H30ClN.C3H8O/c42-30-19-16-29(17-20-30)33-22-23-35(37-25-24-34-31-12-5-4-11-28(31)18-21-36(34)40(33)37)39-15-8-26-43-41(39)38-14-7-6-13-32(38)27-9-2-1-3-10-27;1-2-3-4/h1-17,19-21,24-26,35H,18,22-23H2;4H,2-3H2,1H3. The normalized spacial score (nSPS) is 14.5. The first-order valence-corrected chi connectivity index (χ1v) is 17.0. The number of nitrogens with zero attached hydrogens (tertiary/aromatic N) is 1. The molecule has 1 heterocycles. The first kappa shape index (κ1) is 30.9. The Labute approximate surface area is 282 Å². The fourth-order valence-corrected chi connectivity index (χ4v) is 7.32. The van der Waals surface area contributed by atoms with E-state index in [1.54, 1.807) is 0 Å². The maximum atomic E-state index is 7.88. The van der Waals surface area contributed by atoms with Crippen molar-refractivity contribution in [3.63, 3.8) is 0 Å². The quantitative estimate of drug-likeness (QED) is 0.206. The average Bonchev–Trinajstić information content (AvgIpc) is 3.15. The van der Waals surface area contributed by atoms with Crippen LogP contribution in [0.5, 0.6) is 0 Å². The Kier molecular flexibility index (Phi) is 9.15. The summed E-state index contributed by atoms with van der Waals surface area (Å²) in [5.74, 6) is 0.231. The molecular weight excluding hydrogens is 594 g/mol. The molecule has 2 aliphatic rings. The predicted molar refractivity (Wildman–Crippen MR) is 197 cm³/mol. The third kappa shape index (κ3) is 6.07. The highest BCUT2D eigenvalue weighted by Gasteiger charge is 2.28. The number of hydrogen-bond acceptors (Lipinski definition) is 2. The number of aromatic nitrogens is 1. The third-order valence-corrected chi connectivity index (χ3v) is 9.62. The van der Waals surface area contributed by atoms with E-state index in [0.717, 1.165) is 36.4 Å². The van der Waals surface area contributed by atoms with E-state index in [0.29, 0.717) is 6.61 Å². The molecule has 0 bridgehead atoms. The van der Waals surface area contributed by atoms with E-state index in [1.807, 2.05) is 25.3 Å². The minimum Gasteiger partial charge on any atom is -0.396 e. The van der Waals surface area contributed by atoms with Crippen LogP contribution in [0, 0.1) is 0 Å². The highest BCUT2D eigenvalue weighted by Crippen LogP contribution is 2.41. The van der Waals surface area contributed by atoms with Crippen LogP contribution in [0.25, 0.3) is 45.2 Å². The second kappa shape index (κ2) is 13.9. The monoisotopic (exact) mass is 631 g/mol. The van der Waals surface area contributed by atoms with Crippen LogP contribution in [-0.4, -0.2) is 16.7 Å². The maximum Gasteiger partial charge on any atom is 0.0746 e. The van der Waals surface area contributed by atoms with Gasteiger partial charge in [-0.25, -0.2) is 0 Å². The predicted octanol–water partition coefficient (Wildman–Crippen LogP) is 9.59. The molecular formula is C44H38ClNO. The number of hydrogen-bond donors (Lipinski definition) is 1. The molecule has 0 saturated heterocycles. The molecule has 0 aliphatic heterocycles. The summed E-state index contributed by atoms with van der Waals surface area (Å²) in [6.07, 6.45) is 8.21. The number of fused-ring (bicyclic) bond motifs is 5. The van der Waals surface area contributed by atoms with E-state index >= 15 is 0 Å². The first-order chi connectivity index (χ1) is 23.2. The fourth-order valence-electron chi connectivity index (χ4n) is 7.20. The van der Waals surface area contributed by atoms with E-state index < -0.39 is 0 Å². The molecule has 1 aromatic heterocycles. The summed E-state index contributed by atoms with van der Waals surface area (Å²) in [6.45, 7) is 2.25. The van der Waals surface area contributed by atoms with Gasteiger partial charge in [0, 0.05) is 29.3 Å². The lowest BCUT2D eigenvalue weighted by Gasteiger charge is -2.29. The van der Waals surface area contributed by atoms with E-state index in [1.165, 1.54) is 66.1 Å². The van der Waals surface area contributed by atoms with Crippen molar-refractivity contribution in [2.75, 3.05) is 6.61 Å². The Morgan fingerprint density at radius 2 is 1.38 bits per heavy atom. The summed E-state index contributed by atoms with van der Waals surface area (Å²) in [5.41, 5.74) is 14.1. The molecule has 5 aromatic carbocycles. The molecule has 232 valence electrons. The summed E-state index contributed by atoms with van der Waals surface area (Å²) in [5, 5.41) is 11.4. The second-order valence-electron chi connectivity index (χ2n) is 12.2. The lowest BCUT2D eigenvalue weighted by atomic mass is 9.75. The van der Waals surface area contributed by atoms with Crippen molar-refractivity contribution in [3.05, 3.63) is 171 Å². The summed E-state index contributed by atoms with van der Waals surface area (Å²) < 4.78 is 0. The highest BCUT2D eigenvalue weighted by atomic mass is 35.5. The van der Waals surface area contributed by atoms with Gasteiger partial charge in [-0.2, -0.15) is 0 Å². The lowest BCUT2D eigenvalue weighted by Crippen LogP contribution is -2.38. The van der Waals surface area contributed by atoms with Crippen molar-refractivity contribution < 1.29 is 5.11 Å². The first-order valence-electron chi connectivity index (χ1n) is 16.6. The Bertz CT molecular complexity index is 2150. The van der Waals surface area contributed by atoms with Gasteiger partial charge >= 0.3 is 0 Å². The van der Waals surface area contributed by atoms with Gasteiger partial charge in [0.2, 0.25) is 0 Å². The minimum absolute atomic E-state index is 0.231. The molecule has 8 rings (SSSR count). The van der Waals surface area contributed by atoms with Gasteiger partial charge in [0.25, 0.3) is 0 Å². The molecule has 6 aromatic rings. The van der Waals surface area contributed by atoms with E-state index in [-0.39, 0.29) is 5.92 Å². The molecule has 0 saturated carbocycles. The number of aliphatic hydroxyl groups is 1. The van der Waals surface area contributed by atoms with Crippen molar-refractivity contribution in [2.24, 2.45) is 0 Å². The second-order valence-corrected chi connectivity index (χ2v) is 12.6. The molecule has 0 spiro atoms. The van der Waals surface area contributed by atoms with Crippen LogP contribution >= 0.6 is 11.6 Å². The Hall–Kier alpha value is -4.76. The zero-order chi connectivity index (χ0) is 32.2. The summed E-state index contributed by atoms with van der Waals surface area (Å²) in [6, 6.07) is 45.7. The average molecular weight is 632 g/mol. The van der Waals surface area contributed by atoms with Crippen molar-refractivity contribution in [1.29, 1.82) is 0 Å². The Morgan fingerprint density at radius 1 is 0.681 bits per heavy atom. The van der Waals surface area contributed by atoms with Gasteiger partial charge in [0.1, 0.15) is 0 Å². The minimum atomic E-state index is 0.231. The van der Waals surface area contributed by atoms with Crippen molar-refractivity contribution in [1.82, 2.24) is 4.98 Å². The van der Waals surface area contributed by atoms with Gasteiger partial charge in [0.15, 0.2) is 0 Å². The summed E-state index contributed by atoms with van der Waals surface area (Å²) >= 11 is 6.34. The third-order valence-electron chi connectivity index (χ3n) is 9.37. The van der Waals surface area contributed by atoms with Gasteiger partial charge in [-0.05, 0) is 104 Å². The Morgan fingerprint density at radius 3 is 2.15 bits per heavy atom.